The highest BCUT2D eigenvalue weighted by Crippen LogP contribution is 2.27. The summed E-state index contributed by atoms with van der Waals surface area (Å²) in [5.74, 6) is -0.358. The highest BCUT2D eigenvalue weighted by Gasteiger charge is 2.22. The lowest BCUT2D eigenvalue weighted by Crippen LogP contribution is -2.29. The quantitative estimate of drug-likeness (QED) is 0.539. The van der Waals surface area contributed by atoms with Crippen LogP contribution in [0.2, 0.25) is 0 Å². The molecular formula is C21H26Br2N2O2. The summed E-state index contributed by atoms with van der Waals surface area (Å²) in [4.78, 5) is 25.9. The minimum absolute atomic E-state index is 0.202. The smallest absolute Gasteiger partial charge is 0.261 e. The second-order valence-electron chi connectivity index (χ2n) is 6.76. The molecule has 1 heterocycles. The molecule has 0 radical (unpaired) electrons. The van der Waals surface area contributed by atoms with Crippen molar-refractivity contribution in [2.75, 3.05) is 5.32 Å². The maximum absolute atomic E-state index is 13.1. The van der Waals surface area contributed by atoms with Crippen molar-refractivity contribution < 1.29 is 4.79 Å². The van der Waals surface area contributed by atoms with E-state index in [9.17, 15) is 9.59 Å². The second kappa shape index (κ2) is 9.20. The lowest BCUT2D eigenvalue weighted by Gasteiger charge is -2.20. The largest absolute Gasteiger partial charge is 0.347 e. The molecule has 0 saturated carbocycles. The number of halogens is 2. The zero-order valence-corrected chi connectivity index (χ0v) is 19.7. The summed E-state index contributed by atoms with van der Waals surface area (Å²) >= 11 is 6.89. The van der Waals surface area contributed by atoms with Crippen molar-refractivity contribution in [2.24, 2.45) is 0 Å². The van der Waals surface area contributed by atoms with E-state index in [1.807, 2.05) is 39.8 Å². The minimum atomic E-state index is -0.358. The van der Waals surface area contributed by atoms with Gasteiger partial charge in [0.05, 0.1) is 4.47 Å². The Kier molecular flexibility index (Phi) is 7.46. The van der Waals surface area contributed by atoms with Gasteiger partial charge in [-0.25, -0.2) is 0 Å². The number of aromatic nitrogens is 1. The van der Waals surface area contributed by atoms with E-state index in [0.29, 0.717) is 10.2 Å². The molecule has 0 atom stereocenters. The summed E-state index contributed by atoms with van der Waals surface area (Å²) in [5, 5.41) is 2.99. The normalized spacial score (nSPS) is 10.9. The standard InChI is InChI=1S/C21H26Br2N2O2/c1-6-8-9-25-13(4)17(20(26)18(23)14(25)5)21(27)24-19-12(3)10-16(22)11-15(19)7-2/h10-11H,6-9H2,1-5H3,(H,24,27). The van der Waals surface area contributed by atoms with Crippen molar-refractivity contribution in [2.45, 2.75) is 60.4 Å². The van der Waals surface area contributed by atoms with Crippen LogP contribution in [-0.4, -0.2) is 10.5 Å². The van der Waals surface area contributed by atoms with Gasteiger partial charge in [0.25, 0.3) is 5.91 Å². The monoisotopic (exact) mass is 496 g/mol. The summed E-state index contributed by atoms with van der Waals surface area (Å²) < 4.78 is 3.49. The fraction of sp³-hybridized carbons (Fsp3) is 0.429. The predicted octanol–water partition coefficient (Wildman–Crippen LogP) is 5.91. The van der Waals surface area contributed by atoms with Gasteiger partial charge in [-0.1, -0.05) is 36.2 Å². The molecule has 6 heteroatoms. The number of unbranched alkanes of at least 4 members (excludes halogenated alkanes) is 1. The highest BCUT2D eigenvalue weighted by molar-refractivity contribution is 9.10. The van der Waals surface area contributed by atoms with Crippen molar-refractivity contribution >= 4 is 43.5 Å². The first-order valence-electron chi connectivity index (χ1n) is 9.22. The lowest BCUT2D eigenvalue weighted by molar-refractivity contribution is 0.102. The Labute approximate surface area is 177 Å². The van der Waals surface area contributed by atoms with E-state index in [4.69, 9.17) is 0 Å². The SMILES string of the molecule is CCCCn1c(C)c(Br)c(=O)c(C(=O)Nc2c(C)cc(Br)cc2CC)c1C. The number of hydrogen-bond acceptors (Lipinski definition) is 2. The summed E-state index contributed by atoms with van der Waals surface area (Å²) in [6, 6.07) is 3.96. The first-order chi connectivity index (χ1) is 12.7. The molecule has 0 bridgehead atoms. The molecule has 1 amide bonds. The third kappa shape index (κ3) is 4.54. The Bertz CT molecular complexity index is 933. The van der Waals surface area contributed by atoms with Crippen LogP contribution in [0.4, 0.5) is 5.69 Å². The third-order valence-corrected chi connectivity index (χ3v) is 6.27. The summed E-state index contributed by atoms with van der Waals surface area (Å²) in [6.07, 6.45) is 2.82. The van der Waals surface area contributed by atoms with Gasteiger partial charge in [0.1, 0.15) is 5.56 Å². The van der Waals surface area contributed by atoms with Crippen molar-refractivity contribution in [1.82, 2.24) is 4.57 Å². The number of pyridine rings is 1. The lowest BCUT2D eigenvalue weighted by atomic mass is 10.0. The molecule has 1 aromatic heterocycles. The van der Waals surface area contributed by atoms with Crippen LogP contribution in [0.25, 0.3) is 0 Å². The molecule has 2 aromatic rings. The maximum Gasteiger partial charge on any atom is 0.261 e. The van der Waals surface area contributed by atoms with Crippen LogP contribution >= 0.6 is 31.9 Å². The number of anilines is 1. The average molecular weight is 498 g/mol. The molecule has 1 aromatic carbocycles. The van der Waals surface area contributed by atoms with Crippen molar-refractivity contribution in [1.29, 1.82) is 0 Å². The zero-order chi connectivity index (χ0) is 20.3. The van der Waals surface area contributed by atoms with Gasteiger partial charge in [-0.05, 0) is 72.8 Å². The summed E-state index contributed by atoms with van der Waals surface area (Å²) in [6.45, 7) is 10.7. The Morgan fingerprint density at radius 3 is 2.37 bits per heavy atom. The molecule has 146 valence electrons. The Morgan fingerprint density at radius 2 is 1.78 bits per heavy atom. The van der Waals surface area contributed by atoms with E-state index in [1.165, 1.54) is 0 Å². The van der Waals surface area contributed by atoms with Gasteiger partial charge < -0.3 is 9.88 Å². The topological polar surface area (TPSA) is 51.1 Å². The Balaban J connectivity index is 2.55. The van der Waals surface area contributed by atoms with Crippen LogP contribution in [0.1, 0.15) is 59.6 Å². The first kappa shape index (κ1) is 21.9. The maximum atomic E-state index is 13.1. The summed E-state index contributed by atoms with van der Waals surface area (Å²) in [5.41, 5.74) is 4.28. The van der Waals surface area contributed by atoms with Gasteiger partial charge in [-0.15, -0.1) is 0 Å². The Hall–Kier alpha value is -1.40. The number of carbonyl (C=O) groups is 1. The van der Waals surface area contributed by atoms with Gasteiger partial charge in [-0.2, -0.15) is 0 Å². The predicted molar refractivity (Wildman–Crippen MR) is 119 cm³/mol. The van der Waals surface area contributed by atoms with Gasteiger partial charge in [-0.3, -0.25) is 9.59 Å². The van der Waals surface area contributed by atoms with E-state index in [1.54, 1.807) is 0 Å². The van der Waals surface area contributed by atoms with Crippen molar-refractivity contribution in [3.63, 3.8) is 0 Å². The number of benzene rings is 1. The fourth-order valence-electron chi connectivity index (χ4n) is 3.31. The van der Waals surface area contributed by atoms with Gasteiger partial charge in [0, 0.05) is 28.1 Å². The van der Waals surface area contributed by atoms with E-state index in [-0.39, 0.29) is 16.9 Å². The van der Waals surface area contributed by atoms with Crippen LogP contribution in [0.15, 0.2) is 25.9 Å². The third-order valence-electron chi connectivity index (χ3n) is 4.88. The van der Waals surface area contributed by atoms with Gasteiger partial charge >= 0.3 is 0 Å². The molecule has 1 N–H and O–H groups in total. The highest BCUT2D eigenvalue weighted by atomic mass is 79.9. The summed E-state index contributed by atoms with van der Waals surface area (Å²) in [7, 11) is 0. The van der Waals surface area contributed by atoms with Crippen LogP contribution in [0.3, 0.4) is 0 Å². The molecule has 0 saturated heterocycles. The molecule has 4 nitrogen and oxygen atoms in total. The molecule has 0 fully saturated rings. The van der Waals surface area contributed by atoms with Crippen LogP contribution in [0, 0.1) is 20.8 Å². The average Bonchev–Trinajstić information content (AvgIpc) is 2.62. The molecule has 0 aliphatic carbocycles. The second-order valence-corrected chi connectivity index (χ2v) is 8.47. The van der Waals surface area contributed by atoms with E-state index >= 15 is 0 Å². The van der Waals surface area contributed by atoms with E-state index in [0.717, 1.165) is 52.8 Å². The molecule has 0 spiro atoms. The minimum Gasteiger partial charge on any atom is -0.347 e. The van der Waals surface area contributed by atoms with Gasteiger partial charge in [0.15, 0.2) is 0 Å². The Morgan fingerprint density at radius 1 is 1.11 bits per heavy atom. The molecule has 0 unspecified atom stereocenters. The molecule has 0 aliphatic heterocycles. The van der Waals surface area contributed by atoms with Crippen LogP contribution < -0.4 is 10.7 Å². The number of nitrogens with one attached hydrogen (secondary N) is 1. The number of aryl methyl sites for hydroxylation is 2. The van der Waals surface area contributed by atoms with Crippen LogP contribution in [-0.2, 0) is 13.0 Å². The molecule has 0 aliphatic rings. The number of amides is 1. The van der Waals surface area contributed by atoms with E-state index in [2.05, 4.69) is 48.7 Å². The van der Waals surface area contributed by atoms with Crippen molar-refractivity contribution in [3.05, 3.63) is 59.4 Å². The molecular weight excluding hydrogens is 472 g/mol. The van der Waals surface area contributed by atoms with Crippen LogP contribution in [0.5, 0.6) is 0 Å². The number of rotatable bonds is 6. The van der Waals surface area contributed by atoms with Crippen molar-refractivity contribution in [3.8, 4) is 0 Å². The first-order valence-corrected chi connectivity index (χ1v) is 10.8. The number of carbonyl (C=O) groups excluding carboxylic acids is 1. The van der Waals surface area contributed by atoms with E-state index < -0.39 is 0 Å². The number of nitrogens with zero attached hydrogens (tertiary/aromatic N) is 1. The zero-order valence-electron chi connectivity index (χ0n) is 16.5. The van der Waals surface area contributed by atoms with Gasteiger partial charge in [0.2, 0.25) is 5.43 Å². The molecule has 27 heavy (non-hydrogen) atoms. The molecule has 2 rings (SSSR count). The fourth-order valence-corrected chi connectivity index (χ4v) is 4.34. The number of hydrogen-bond donors (Lipinski definition) is 1.